The van der Waals surface area contributed by atoms with Crippen LogP contribution in [0.25, 0.3) is 0 Å². The highest BCUT2D eigenvalue weighted by Crippen LogP contribution is 2.05. The van der Waals surface area contributed by atoms with Crippen molar-refractivity contribution in [3.63, 3.8) is 0 Å². The van der Waals surface area contributed by atoms with Crippen LogP contribution in [0.15, 0.2) is 4.52 Å². The van der Waals surface area contributed by atoms with Crippen LogP contribution in [0, 0.1) is 0 Å². The number of rotatable bonds is 3. The van der Waals surface area contributed by atoms with Crippen LogP contribution in [0.2, 0.25) is 0 Å². The minimum absolute atomic E-state index is 0.0257. The summed E-state index contributed by atoms with van der Waals surface area (Å²) < 4.78 is 4.78. The zero-order valence-electron chi connectivity index (χ0n) is 6.32. The highest BCUT2D eigenvalue weighted by Gasteiger charge is 2.08. The fraction of sp³-hybridized carbons (Fsp3) is 0.667. The summed E-state index contributed by atoms with van der Waals surface area (Å²) in [5.41, 5.74) is 5.46. The van der Waals surface area contributed by atoms with Crippen LogP contribution >= 0.6 is 0 Å². The van der Waals surface area contributed by atoms with Crippen LogP contribution in [0.4, 0.5) is 0 Å². The summed E-state index contributed by atoms with van der Waals surface area (Å²) in [4.78, 5) is 3.94. The molecule has 0 fully saturated rings. The van der Waals surface area contributed by atoms with Crippen LogP contribution < -0.4 is 5.73 Å². The minimum Gasteiger partial charge on any atom is -0.396 e. The van der Waals surface area contributed by atoms with Gasteiger partial charge in [-0.3, -0.25) is 0 Å². The van der Waals surface area contributed by atoms with Crippen molar-refractivity contribution < 1.29 is 9.63 Å². The molecule has 1 atom stereocenters. The molecular weight excluding hydrogens is 146 g/mol. The van der Waals surface area contributed by atoms with E-state index in [-0.39, 0.29) is 12.6 Å². The van der Waals surface area contributed by atoms with Crippen LogP contribution in [0.3, 0.4) is 0 Å². The summed E-state index contributed by atoms with van der Waals surface area (Å²) in [7, 11) is 0. The Morgan fingerprint density at radius 1 is 1.73 bits per heavy atom. The van der Waals surface area contributed by atoms with Crippen molar-refractivity contribution in [2.45, 2.75) is 19.4 Å². The Morgan fingerprint density at radius 2 is 2.45 bits per heavy atom. The fourth-order valence-corrected chi connectivity index (χ4v) is 0.654. The van der Waals surface area contributed by atoms with Crippen LogP contribution in [-0.2, 0) is 6.42 Å². The van der Waals surface area contributed by atoms with Gasteiger partial charge < -0.3 is 15.4 Å². The number of aliphatic hydroxyl groups excluding tert-OH is 1. The molecule has 1 heterocycles. The number of nitrogens with two attached hydrogens (primary N) is 1. The second-order valence-corrected chi connectivity index (χ2v) is 2.31. The first-order valence-electron chi connectivity index (χ1n) is 3.43. The maximum Gasteiger partial charge on any atom is 0.243 e. The molecule has 0 saturated heterocycles. The first kappa shape index (κ1) is 8.16. The number of aromatic nitrogens is 2. The van der Waals surface area contributed by atoms with Crippen molar-refractivity contribution in [3.8, 4) is 0 Å². The molecule has 3 N–H and O–H groups in total. The number of aliphatic hydroxyl groups is 1. The van der Waals surface area contributed by atoms with E-state index < -0.39 is 0 Å². The predicted octanol–water partition coefficient (Wildman–Crippen LogP) is -0.376. The van der Waals surface area contributed by atoms with Gasteiger partial charge in [0.2, 0.25) is 5.89 Å². The zero-order valence-corrected chi connectivity index (χ0v) is 6.32. The van der Waals surface area contributed by atoms with Gasteiger partial charge in [-0.1, -0.05) is 5.16 Å². The van der Waals surface area contributed by atoms with Crippen molar-refractivity contribution in [1.82, 2.24) is 10.1 Å². The molecule has 1 aromatic rings. The Labute approximate surface area is 64.2 Å². The smallest absolute Gasteiger partial charge is 0.243 e. The van der Waals surface area contributed by atoms with Crippen molar-refractivity contribution in [1.29, 1.82) is 0 Å². The highest BCUT2D eigenvalue weighted by molar-refractivity contribution is 4.89. The molecule has 0 aliphatic carbocycles. The summed E-state index contributed by atoms with van der Waals surface area (Å²) >= 11 is 0. The van der Waals surface area contributed by atoms with E-state index in [4.69, 9.17) is 15.4 Å². The van der Waals surface area contributed by atoms with E-state index in [1.54, 1.807) is 6.92 Å². The lowest BCUT2D eigenvalue weighted by atomic mass is 10.4. The number of hydrogen-bond donors (Lipinski definition) is 2. The van der Waals surface area contributed by atoms with Crippen molar-refractivity contribution in [2.75, 3.05) is 6.61 Å². The van der Waals surface area contributed by atoms with Crippen molar-refractivity contribution >= 4 is 0 Å². The summed E-state index contributed by atoms with van der Waals surface area (Å²) in [6.07, 6.45) is 0.413. The van der Waals surface area contributed by atoms with E-state index in [2.05, 4.69) is 10.1 Å². The van der Waals surface area contributed by atoms with Crippen molar-refractivity contribution in [2.24, 2.45) is 5.73 Å². The van der Waals surface area contributed by atoms with E-state index in [0.29, 0.717) is 18.1 Å². The van der Waals surface area contributed by atoms with Gasteiger partial charge in [0.1, 0.15) is 0 Å². The fourth-order valence-electron chi connectivity index (χ4n) is 0.654. The molecule has 62 valence electrons. The molecule has 0 bridgehead atoms. The van der Waals surface area contributed by atoms with Crippen molar-refractivity contribution in [3.05, 3.63) is 11.7 Å². The topological polar surface area (TPSA) is 85.2 Å². The third-order valence-electron chi connectivity index (χ3n) is 1.21. The molecule has 0 radical (unpaired) electrons. The van der Waals surface area contributed by atoms with E-state index in [0.717, 1.165) is 0 Å². The van der Waals surface area contributed by atoms with E-state index in [1.165, 1.54) is 0 Å². The number of hydrogen-bond acceptors (Lipinski definition) is 5. The van der Waals surface area contributed by atoms with Gasteiger partial charge in [-0.05, 0) is 6.92 Å². The Kier molecular flexibility index (Phi) is 2.56. The predicted molar refractivity (Wildman–Crippen MR) is 37.7 cm³/mol. The summed E-state index contributed by atoms with van der Waals surface area (Å²) in [5, 5.41) is 12.1. The first-order chi connectivity index (χ1) is 5.24. The SMILES string of the molecule is C[C@@H](N)c1nc(CCO)no1. The molecular formula is C6H11N3O2. The van der Waals surface area contributed by atoms with E-state index in [9.17, 15) is 0 Å². The Hall–Kier alpha value is -0.940. The molecule has 0 amide bonds. The van der Waals surface area contributed by atoms with Gasteiger partial charge in [0.05, 0.1) is 12.6 Å². The standard InChI is InChI=1S/C6H11N3O2/c1-4(7)6-8-5(2-3-10)9-11-6/h4,10H,2-3,7H2,1H3/t4-/m1/s1. The Morgan fingerprint density at radius 3 is 2.91 bits per heavy atom. The summed E-state index contributed by atoms with van der Waals surface area (Å²) in [6.45, 7) is 1.79. The molecule has 1 aromatic heterocycles. The molecule has 0 saturated carbocycles. The van der Waals surface area contributed by atoms with Gasteiger partial charge >= 0.3 is 0 Å². The monoisotopic (exact) mass is 157 g/mol. The maximum atomic E-state index is 8.51. The van der Waals surface area contributed by atoms with Crippen LogP contribution in [-0.4, -0.2) is 21.9 Å². The van der Waals surface area contributed by atoms with Crippen LogP contribution in [0.5, 0.6) is 0 Å². The van der Waals surface area contributed by atoms with Gasteiger partial charge in [-0.15, -0.1) is 0 Å². The Bertz CT molecular complexity index is 221. The lowest BCUT2D eigenvalue weighted by Crippen LogP contribution is -2.05. The molecule has 0 spiro atoms. The lowest BCUT2D eigenvalue weighted by molar-refractivity contribution is 0.292. The maximum absolute atomic E-state index is 8.51. The van der Waals surface area contributed by atoms with E-state index >= 15 is 0 Å². The third kappa shape index (κ3) is 1.99. The second-order valence-electron chi connectivity index (χ2n) is 2.31. The van der Waals surface area contributed by atoms with Gasteiger partial charge in [-0.25, -0.2) is 0 Å². The average molecular weight is 157 g/mol. The summed E-state index contributed by atoms with van der Waals surface area (Å²) in [6, 6.07) is -0.241. The molecule has 1 rings (SSSR count). The highest BCUT2D eigenvalue weighted by atomic mass is 16.5. The lowest BCUT2D eigenvalue weighted by Gasteiger charge is -1.92. The minimum atomic E-state index is -0.241. The first-order valence-corrected chi connectivity index (χ1v) is 3.43. The van der Waals surface area contributed by atoms with Gasteiger partial charge in [-0.2, -0.15) is 4.98 Å². The van der Waals surface area contributed by atoms with Gasteiger partial charge in [0.15, 0.2) is 5.82 Å². The molecule has 5 nitrogen and oxygen atoms in total. The van der Waals surface area contributed by atoms with Gasteiger partial charge in [0.25, 0.3) is 0 Å². The largest absolute Gasteiger partial charge is 0.396 e. The van der Waals surface area contributed by atoms with Gasteiger partial charge in [0, 0.05) is 6.42 Å². The molecule has 0 aromatic carbocycles. The second kappa shape index (κ2) is 3.45. The molecule has 0 unspecified atom stereocenters. The van der Waals surface area contributed by atoms with Crippen LogP contribution in [0.1, 0.15) is 24.7 Å². The quantitative estimate of drug-likeness (QED) is 0.625. The molecule has 0 aliphatic rings. The molecule has 5 heteroatoms. The normalized spacial score (nSPS) is 13.4. The number of nitrogens with zero attached hydrogens (tertiary/aromatic N) is 2. The Balaban J connectivity index is 2.66. The third-order valence-corrected chi connectivity index (χ3v) is 1.21. The molecule has 0 aliphatic heterocycles. The average Bonchev–Trinajstić information content (AvgIpc) is 2.37. The van der Waals surface area contributed by atoms with E-state index in [1.807, 2.05) is 0 Å². The summed E-state index contributed by atoms with van der Waals surface area (Å²) in [5.74, 6) is 0.910. The molecule has 11 heavy (non-hydrogen) atoms. The zero-order chi connectivity index (χ0) is 8.27.